The first-order valence-corrected chi connectivity index (χ1v) is 7.87. The molecule has 2 N–H and O–H groups in total. The molecule has 4 heteroatoms. The van der Waals surface area contributed by atoms with Crippen LogP contribution in [0.5, 0.6) is 0 Å². The highest BCUT2D eigenvalue weighted by atomic mass is 79.9. The van der Waals surface area contributed by atoms with Crippen LogP contribution in [0.2, 0.25) is 0 Å². The van der Waals surface area contributed by atoms with Crippen molar-refractivity contribution in [3.05, 3.63) is 28.2 Å². The molecule has 1 aliphatic rings. The third kappa shape index (κ3) is 3.71. The van der Waals surface area contributed by atoms with Gasteiger partial charge in [-0.1, -0.05) is 22.9 Å². The molecule has 1 heterocycles. The van der Waals surface area contributed by atoms with Crippen LogP contribution in [0.1, 0.15) is 38.3 Å². The van der Waals surface area contributed by atoms with Gasteiger partial charge >= 0.3 is 0 Å². The first kappa shape index (κ1) is 14.8. The van der Waals surface area contributed by atoms with E-state index >= 15 is 0 Å². The molecular weight excluding hydrogens is 304 g/mol. The molecule has 2 rings (SSSR count). The first-order valence-electron chi connectivity index (χ1n) is 7.07. The molecule has 1 fully saturated rings. The zero-order valence-corrected chi connectivity index (χ0v) is 13.3. The standard InChI is InChI=1S/C15H23BrN2O/c1-3-7-17-11(2)14-9-12(16)4-5-15(14)18-8-6-13(19)10-18/h4-5,9,11,13,17,19H,3,6-8,10H2,1-2H3. The van der Waals surface area contributed by atoms with Crippen LogP contribution in [0.25, 0.3) is 0 Å². The number of nitrogens with zero attached hydrogens (tertiary/aromatic N) is 1. The van der Waals surface area contributed by atoms with Gasteiger partial charge in [-0.3, -0.25) is 0 Å². The second-order valence-electron chi connectivity index (χ2n) is 5.27. The number of hydrogen-bond acceptors (Lipinski definition) is 3. The Hall–Kier alpha value is -0.580. The molecule has 0 bridgehead atoms. The molecule has 0 aromatic heterocycles. The van der Waals surface area contributed by atoms with Gasteiger partial charge < -0.3 is 15.3 Å². The first-order chi connectivity index (χ1) is 9.11. The van der Waals surface area contributed by atoms with E-state index in [9.17, 15) is 5.11 Å². The van der Waals surface area contributed by atoms with Gasteiger partial charge in [-0.2, -0.15) is 0 Å². The fraction of sp³-hybridized carbons (Fsp3) is 0.600. The number of aliphatic hydroxyl groups is 1. The molecule has 1 aromatic carbocycles. The highest BCUT2D eigenvalue weighted by Crippen LogP contribution is 2.31. The van der Waals surface area contributed by atoms with Gasteiger partial charge in [0.05, 0.1) is 6.10 Å². The van der Waals surface area contributed by atoms with Crippen molar-refractivity contribution in [1.29, 1.82) is 0 Å². The predicted octanol–water partition coefficient (Wildman–Crippen LogP) is 3.08. The lowest BCUT2D eigenvalue weighted by Gasteiger charge is -2.25. The number of benzene rings is 1. The number of hydrogen-bond donors (Lipinski definition) is 2. The Morgan fingerprint density at radius 3 is 2.95 bits per heavy atom. The quantitative estimate of drug-likeness (QED) is 0.872. The summed E-state index contributed by atoms with van der Waals surface area (Å²) < 4.78 is 1.11. The van der Waals surface area contributed by atoms with Crippen LogP contribution in [0.3, 0.4) is 0 Å². The highest BCUT2D eigenvalue weighted by Gasteiger charge is 2.23. The van der Waals surface area contributed by atoms with Crippen LogP contribution < -0.4 is 10.2 Å². The molecule has 2 atom stereocenters. The third-order valence-electron chi connectivity index (χ3n) is 3.66. The van der Waals surface area contributed by atoms with E-state index in [-0.39, 0.29) is 6.10 Å². The number of anilines is 1. The van der Waals surface area contributed by atoms with Crippen LogP contribution in [0.4, 0.5) is 5.69 Å². The van der Waals surface area contributed by atoms with Crippen LogP contribution in [0, 0.1) is 0 Å². The summed E-state index contributed by atoms with van der Waals surface area (Å²) in [6.45, 7) is 7.09. The maximum Gasteiger partial charge on any atom is 0.0731 e. The molecule has 19 heavy (non-hydrogen) atoms. The number of nitrogens with one attached hydrogen (secondary N) is 1. The summed E-state index contributed by atoms with van der Waals surface area (Å²) in [6, 6.07) is 6.75. The van der Waals surface area contributed by atoms with Gasteiger partial charge in [0.1, 0.15) is 0 Å². The van der Waals surface area contributed by atoms with Crippen LogP contribution in [-0.4, -0.2) is 30.8 Å². The van der Waals surface area contributed by atoms with E-state index in [0.29, 0.717) is 6.04 Å². The number of aliphatic hydroxyl groups excluding tert-OH is 1. The summed E-state index contributed by atoms with van der Waals surface area (Å²) in [5.74, 6) is 0. The average Bonchev–Trinajstić information content (AvgIpc) is 2.82. The Kier molecular flexibility index (Phi) is 5.25. The second kappa shape index (κ2) is 6.73. The van der Waals surface area contributed by atoms with Crippen molar-refractivity contribution in [2.24, 2.45) is 0 Å². The van der Waals surface area contributed by atoms with Gasteiger partial charge in [-0.15, -0.1) is 0 Å². The average molecular weight is 327 g/mol. The minimum absolute atomic E-state index is 0.185. The summed E-state index contributed by atoms with van der Waals surface area (Å²) in [5, 5.41) is 13.3. The van der Waals surface area contributed by atoms with E-state index < -0.39 is 0 Å². The van der Waals surface area contributed by atoms with E-state index in [1.54, 1.807) is 0 Å². The minimum atomic E-state index is -0.185. The fourth-order valence-corrected chi connectivity index (χ4v) is 2.97. The molecule has 1 aliphatic heterocycles. The molecule has 3 nitrogen and oxygen atoms in total. The number of β-amino-alcohol motifs (C(OH)–C–C–N with tert-alkyl or cyclic N) is 1. The summed E-state index contributed by atoms with van der Waals surface area (Å²) in [7, 11) is 0. The van der Waals surface area contributed by atoms with Crippen molar-refractivity contribution >= 4 is 21.6 Å². The van der Waals surface area contributed by atoms with Gasteiger partial charge in [-0.05, 0) is 50.1 Å². The monoisotopic (exact) mass is 326 g/mol. The zero-order chi connectivity index (χ0) is 13.8. The predicted molar refractivity (Wildman–Crippen MR) is 83.7 cm³/mol. The molecule has 0 amide bonds. The highest BCUT2D eigenvalue weighted by molar-refractivity contribution is 9.10. The summed E-state index contributed by atoms with van der Waals surface area (Å²) in [4.78, 5) is 2.29. The van der Waals surface area contributed by atoms with Crippen LogP contribution >= 0.6 is 15.9 Å². The molecular formula is C15H23BrN2O. The molecule has 0 saturated carbocycles. The summed E-state index contributed by atoms with van der Waals surface area (Å²) in [6.07, 6.45) is 1.82. The smallest absolute Gasteiger partial charge is 0.0731 e. The summed E-state index contributed by atoms with van der Waals surface area (Å²) in [5.41, 5.74) is 2.55. The topological polar surface area (TPSA) is 35.5 Å². The van der Waals surface area contributed by atoms with Gasteiger partial charge in [0.15, 0.2) is 0 Å². The van der Waals surface area contributed by atoms with Crippen LogP contribution in [0.15, 0.2) is 22.7 Å². The van der Waals surface area contributed by atoms with Gasteiger partial charge in [0.2, 0.25) is 0 Å². The SMILES string of the molecule is CCCNC(C)c1cc(Br)ccc1N1CCC(O)C1. The van der Waals surface area contributed by atoms with Crippen molar-refractivity contribution in [2.45, 2.75) is 38.8 Å². The van der Waals surface area contributed by atoms with Crippen molar-refractivity contribution in [3.8, 4) is 0 Å². The van der Waals surface area contributed by atoms with Gasteiger partial charge in [0.25, 0.3) is 0 Å². The van der Waals surface area contributed by atoms with Crippen molar-refractivity contribution in [3.63, 3.8) is 0 Å². The largest absolute Gasteiger partial charge is 0.391 e. The van der Waals surface area contributed by atoms with Crippen molar-refractivity contribution < 1.29 is 5.11 Å². The molecule has 0 aliphatic carbocycles. The molecule has 0 radical (unpaired) electrons. The van der Waals surface area contributed by atoms with E-state index in [2.05, 4.69) is 58.2 Å². The fourth-order valence-electron chi connectivity index (χ4n) is 2.59. The Morgan fingerprint density at radius 2 is 2.32 bits per heavy atom. The van der Waals surface area contributed by atoms with E-state index in [1.165, 1.54) is 11.3 Å². The Morgan fingerprint density at radius 1 is 1.53 bits per heavy atom. The third-order valence-corrected chi connectivity index (χ3v) is 4.15. The van der Waals surface area contributed by atoms with E-state index in [0.717, 1.165) is 36.9 Å². The van der Waals surface area contributed by atoms with E-state index in [4.69, 9.17) is 0 Å². The molecule has 1 saturated heterocycles. The van der Waals surface area contributed by atoms with E-state index in [1.807, 2.05) is 0 Å². The molecule has 106 valence electrons. The lowest BCUT2D eigenvalue weighted by Crippen LogP contribution is -2.26. The Bertz CT molecular complexity index is 425. The zero-order valence-electron chi connectivity index (χ0n) is 11.7. The molecule has 2 unspecified atom stereocenters. The molecule has 1 aromatic rings. The van der Waals surface area contributed by atoms with Crippen molar-refractivity contribution in [1.82, 2.24) is 5.32 Å². The lowest BCUT2D eigenvalue weighted by atomic mass is 10.1. The van der Waals surface area contributed by atoms with Crippen LogP contribution in [-0.2, 0) is 0 Å². The van der Waals surface area contributed by atoms with Gasteiger partial charge in [-0.25, -0.2) is 0 Å². The normalized spacial score (nSPS) is 20.8. The number of halogens is 1. The lowest BCUT2D eigenvalue weighted by molar-refractivity contribution is 0.198. The minimum Gasteiger partial charge on any atom is -0.391 e. The maximum absolute atomic E-state index is 9.72. The second-order valence-corrected chi connectivity index (χ2v) is 6.18. The van der Waals surface area contributed by atoms with Gasteiger partial charge in [0, 0.05) is 29.3 Å². The number of rotatable bonds is 5. The molecule has 0 spiro atoms. The summed E-state index contributed by atoms with van der Waals surface area (Å²) >= 11 is 3.56. The maximum atomic E-state index is 9.72. The van der Waals surface area contributed by atoms with Crippen molar-refractivity contribution in [2.75, 3.05) is 24.5 Å². The Labute approximate surface area is 124 Å². The Balaban J connectivity index is 2.22.